The van der Waals surface area contributed by atoms with E-state index in [2.05, 4.69) is 11.2 Å². The lowest BCUT2D eigenvalue weighted by molar-refractivity contribution is -0.142. The lowest BCUT2D eigenvalue weighted by Gasteiger charge is -2.32. The van der Waals surface area contributed by atoms with Crippen molar-refractivity contribution in [3.05, 3.63) is 36.2 Å². The monoisotopic (exact) mass is 431 g/mol. The molecule has 0 unspecified atom stereocenters. The van der Waals surface area contributed by atoms with Crippen molar-refractivity contribution in [2.45, 2.75) is 19.3 Å². The van der Waals surface area contributed by atoms with Gasteiger partial charge in [0.1, 0.15) is 18.1 Å². The number of hydrogen-bond acceptors (Lipinski definition) is 7. The van der Waals surface area contributed by atoms with E-state index in [4.69, 9.17) is 19.4 Å². The molecule has 0 radical (unpaired) electrons. The molecular formula is C22H29N3O4S. The van der Waals surface area contributed by atoms with E-state index < -0.39 is 5.97 Å². The van der Waals surface area contributed by atoms with Gasteiger partial charge in [0.05, 0.1) is 18.2 Å². The molecule has 3 rings (SSSR count). The van der Waals surface area contributed by atoms with Crippen LogP contribution in [0.4, 0.5) is 5.82 Å². The third kappa shape index (κ3) is 5.86. The maximum atomic E-state index is 11.3. The minimum absolute atomic E-state index is 0.277. The highest BCUT2D eigenvalue weighted by atomic mass is 32.2. The Morgan fingerprint density at radius 3 is 2.60 bits per heavy atom. The fraction of sp³-hybridized carbons (Fsp3) is 0.500. The number of anilines is 1. The number of aliphatic carboxylic acids is 1. The van der Waals surface area contributed by atoms with Crippen LogP contribution >= 0.6 is 11.8 Å². The average Bonchev–Trinajstić information content (AvgIpc) is 2.78. The van der Waals surface area contributed by atoms with Crippen molar-refractivity contribution in [3.8, 4) is 17.0 Å². The zero-order valence-electron chi connectivity index (χ0n) is 17.5. The van der Waals surface area contributed by atoms with Gasteiger partial charge in [0.25, 0.3) is 0 Å². The molecule has 1 aromatic carbocycles. The number of benzene rings is 1. The number of rotatable bonds is 10. The maximum Gasteiger partial charge on any atom is 0.306 e. The lowest BCUT2D eigenvalue weighted by atomic mass is 9.97. The number of nitrogens with zero attached hydrogens (tertiary/aromatic N) is 3. The van der Waals surface area contributed by atoms with E-state index in [-0.39, 0.29) is 5.92 Å². The molecule has 30 heavy (non-hydrogen) atoms. The number of carboxylic acid groups (broad SMARTS) is 1. The molecule has 0 saturated carbocycles. The second-order valence-electron chi connectivity index (χ2n) is 7.24. The van der Waals surface area contributed by atoms with Crippen LogP contribution < -0.4 is 9.64 Å². The van der Waals surface area contributed by atoms with Gasteiger partial charge in [0.2, 0.25) is 0 Å². The third-order valence-electron chi connectivity index (χ3n) is 5.19. The highest BCUT2D eigenvalue weighted by molar-refractivity contribution is 7.98. The molecule has 0 amide bonds. The fourth-order valence-corrected chi connectivity index (χ4v) is 3.87. The number of thioether (sulfide) groups is 1. The Bertz CT molecular complexity index is 824. The van der Waals surface area contributed by atoms with Crippen LogP contribution in [0.25, 0.3) is 11.3 Å². The summed E-state index contributed by atoms with van der Waals surface area (Å²) in [5.41, 5.74) is 2.75. The van der Waals surface area contributed by atoms with Gasteiger partial charge in [-0.3, -0.25) is 9.78 Å². The van der Waals surface area contributed by atoms with Gasteiger partial charge in [-0.25, -0.2) is 4.98 Å². The summed E-state index contributed by atoms with van der Waals surface area (Å²) < 4.78 is 10.7. The van der Waals surface area contributed by atoms with Gasteiger partial charge in [-0.15, -0.1) is 0 Å². The van der Waals surface area contributed by atoms with E-state index in [1.165, 1.54) is 0 Å². The second-order valence-corrected chi connectivity index (χ2v) is 8.23. The summed E-state index contributed by atoms with van der Waals surface area (Å²) in [6.45, 7) is 2.39. The van der Waals surface area contributed by atoms with E-state index in [9.17, 15) is 9.90 Å². The number of aromatic nitrogens is 2. The van der Waals surface area contributed by atoms with Gasteiger partial charge in [-0.1, -0.05) is 0 Å². The Kier molecular flexibility index (Phi) is 8.33. The first-order valence-corrected chi connectivity index (χ1v) is 11.6. The zero-order valence-corrected chi connectivity index (χ0v) is 18.4. The Balaban J connectivity index is 1.83. The summed E-state index contributed by atoms with van der Waals surface area (Å²) in [5, 5.41) is 9.30. The van der Waals surface area contributed by atoms with Crippen LogP contribution in [0.5, 0.6) is 5.75 Å². The van der Waals surface area contributed by atoms with Crippen LogP contribution in [-0.2, 0) is 16.0 Å². The van der Waals surface area contributed by atoms with E-state index in [0.717, 1.165) is 40.7 Å². The van der Waals surface area contributed by atoms with E-state index in [1.54, 1.807) is 18.9 Å². The first-order chi connectivity index (χ1) is 14.6. The number of hydrogen-bond donors (Lipinski definition) is 1. The first kappa shape index (κ1) is 22.4. The van der Waals surface area contributed by atoms with Gasteiger partial charge in [0.15, 0.2) is 5.82 Å². The summed E-state index contributed by atoms with van der Waals surface area (Å²) >= 11 is 1.78. The average molecular weight is 432 g/mol. The Labute approximate surface area is 181 Å². The summed E-state index contributed by atoms with van der Waals surface area (Å²) in [6, 6.07) is 7.83. The minimum Gasteiger partial charge on any atom is -0.491 e. The maximum absolute atomic E-state index is 11.3. The normalized spacial score (nSPS) is 14.7. The smallest absolute Gasteiger partial charge is 0.306 e. The van der Waals surface area contributed by atoms with E-state index >= 15 is 0 Å². The number of methoxy groups -OCH3 is 1. The molecule has 1 aliphatic rings. The molecule has 0 aliphatic carbocycles. The van der Waals surface area contributed by atoms with Crippen molar-refractivity contribution < 1.29 is 19.4 Å². The van der Waals surface area contributed by atoms with Crippen molar-refractivity contribution in [1.29, 1.82) is 0 Å². The molecule has 1 N–H and O–H groups in total. The predicted molar refractivity (Wildman–Crippen MR) is 119 cm³/mol. The number of piperidine rings is 1. The first-order valence-electron chi connectivity index (χ1n) is 10.2. The number of aryl methyl sites for hydroxylation is 1. The highest BCUT2D eigenvalue weighted by Crippen LogP contribution is 2.31. The third-order valence-corrected chi connectivity index (χ3v) is 5.81. The summed E-state index contributed by atoms with van der Waals surface area (Å²) in [4.78, 5) is 23.2. The van der Waals surface area contributed by atoms with Crippen LogP contribution in [-0.4, -0.2) is 66.5 Å². The van der Waals surface area contributed by atoms with Crippen LogP contribution in [0.15, 0.2) is 30.5 Å². The second kappa shape index (κ2) is 11.2. The van der Waals surface area contributed by atoms with Crippen molar-refractivity contribution >= 4 is 23.5 Å². The predicted octanol–water partition coefficient (Wildman–Crippen LogP) is 3.38. The van der Waals surface area contributed by atoms with Crippen LogP contribution in [0.2, 0.25) is 0 Å². The Morgan fingerprint density at radius 1 is 1.23 bits per heavy atom. The largest absolute Gasteiger partial charge is 0.491 e. The van der Waals surface area contributed by atoms with E-state index in [0.29, 0.717) is 39.1 Å². The molecule has 7 nitrogen and oxygen atoms in total. The summed E-state index contributed by atoms with van der Waals surface area (Å²) in [5.74, 6) is 1.62. The molecule has 162 valence electrons. The van der Waals surface area contributed by atoms with Gasteiger partial charge < -0.3 is 19.5 Å². The van der Waals surface area contributed by atoms with Crippen molar-refractivity contribution in [2.24, 2.45) is 5.92 Å². The standard InChI is InChI=1S/C22H29N3O4S/c1-28-12-13-29-19-5-3-16(4-6-19)20-21(24-18(15-23-20)9-14-30-2)25-10-7-17(8-11-25)22(26)27/h3-6,15,17H,7-14H2,1-2H3,(H,26,27). The topological polar surface area (TPSA) is 84.8 Å². The molecule has 1 saturated heterocycles. The van der Waals surface area contributed by atoms with E-state index in [1.807, 2.05) is 30.5 Å². The number of carbonyl (C=O) groups is 1. The molecule has 2 heterocycles. The van der Waals surface area contributed by atoms with Crippen molar-refractivity contribution in [2.75, 3.05) is 50.3 Å². The molecule has 1 aromatic heterocycles. The molecule has 1 aliphatic heterocycles. The minimum atomic E-state index is -0.709. The Hall–Kier alpha value is -2.32. The van der Waals surface area contributed by atoms with Crippen molar-refractivity contribution in [3.63, 3.8) is 0 Å². The van der Waals surface area contributed by atoms with Gasteiger partial charge >= 0.3 is 5.97 Å². The molecule has 8 heteroatoms. The SMILES string of the molecule is COCCOc1ccc(-c2ncc(CCSC)nc2N2CCC(C(=O)O)CC2)cc1. The summed E-state index contributed by atoms with van der Waals surface area (Å²) in [7, 11) is 1.65. The van der Waals surface area contributed by atoms with Crippen LogP contribution in [0.3, 0.4) is 0 Å². The Morgan fingerprint density at radius 2 is 1.97 bits per heavy atom. The molecule has 0 bridgehead atoms. The fourth-order valence-electron chi connectivity index (χ4n) is 3.46. The van der Waals surface area contributed by atoms with Crippen molar-refractivity contribution in [1.82, 2.24) is 9.97 Å². The van der Waals surface area contributed by atoms with Gasteiger partial charge in [-0.05, 0) is 49.1 Å². The molecule has 2 aromatic rings. The van der Waals surface area contributed by atoms with Gasteiger partial charge in [0, 0.05) is 38.4 Å². The van der Waals surface area contributed by atoms with Crippen LogP contribution in [0.1, 0.15) is 18.5 Å². The molecule has 0 atom stereocenters. The molecular weight excluding hydrogens is 402 g/mol. The zero-order chi connectivity index (χ0) is 21.3. The number of ether oxygens (including phenoxy) is 2. The van der Waals surface area contributed by atoms with Crippen LogP contribution in [0, 0.1) is 5.92 Å². The van der Waals surface area contributed by atoms with Gasteiger partial charge in [-0.2, -0.15) is 11.8 Å². The number of carboxylic acids is 1. The quantitative estimate of drug-likeness (QED) is 0.573. The molecule has 0 spiro atoms. The highest BCUT2D eigenvalue weighted by Gasteiger charge is 2.27. The lowest BCUT2D eigenvalue weighted by Crippen LogP contribution is -2.37. The molecule has 1 fully saturated rings. The summed E-state index contributed by atoms with van der Waals surface area (Å²) in [6.07, 6.45) is 6.03.